The van der Waals surface area contributed by atoms with Gasteiger partial charge in [0.2, 0.25) is 5.91 Å². The molecule has 2 aromatic carbocycles. The van der Waals surface area contributed by atoms with Gasteiger partial charge in [0.05, 0.1) is 0 Å². The molecular weight excluding hydrogens is 399 g/mol. The predicted molar refractivity (Wildman–Crippen MR) is 112 cm³/mol. The van der Waals surface area contributed by atoms with Crippen LogP contribution in [0.4, 0.5) is 0 Å². The maximum Gasteiger partial charge on any atom is 0.261 e. The van der Waals surface area contributed by atoms with Crippen LogP contribution in [-0.2, 0) is 16.1 Å². The number of rotatable bonds is 7. The van der Waals surface area contributed by atoms with Crippen molar-refractivity contribution in [3.05, 3.63) is 63.1 Å². The Kier molecular flexibility index (Phi) is 7.72. The molecule has 1 atom stereocenters. The number of carbonyl (C=O) groups excluding carboxylic acids is 2. The standard InChI is InChI=1S/C21H24Cl2N2O3/c1-13-5-8-18(9-14(13)2)28-12-20(26)25(15(3)21(27)24-4)11-16-6-7-17(22)10-19(16)23/h5-10,15H,11-12H2,1-4H3,(H,24,27)/t15-/m1/s1. The Labute approximate surface area is 175 Å². The minimum absolute atomic E-state index is 0.166. The van der Waals surface area contributed by atoms with E-state index in [4.69, 9.17) is 27.9 Å². The van der Waals surface area contributed by atoms with Crippen molar-refractivity contribution < 1.29 is 14.3 Å². The van der Waals surface area contributed by atoms with Gasteiger partial charge in [0, 0.05) is 23.6 Å². The third-order valence-corrected chi connectivity index (χ3v) is 5.20. The minimum Gasteiger partial charge on any atom is -0.484 e. The fourth-order valence-corrected chi connectivity index (χ4v) is 3.12. The molecule has 1 N–H and O–H groups in total. The second-order valence-electron chi connectivity index (χ2n) is 6.58. The number of hydrogen-bond acceptors (Lipinski definition) is 3. The fourth-order valence-electron chi connectivity index (χ4n) is 2.66. The Hall–Kier alpha value is -2.24. The van der Waals surface area contributed by atoms with Crippen LogP contribution in [0.5, 0.6) is 5.75 Å². The molecule has 0 heterocycles. The van der Waals surface area contributed by atoms with Gasteiger partial charge in [0.1, 0.15) is 11.8 Å². The van der Waals surface area contributed by atoms with E-state index in [-0.39, 0.29) is 25.0 Å². The summed E-state index contributed by atoms with van der Waals surface area (Å²) in [6.45, 7) is 5.63. The number of benzene rings is 2. The van der Waals surface area contributed by atoms with Crippen molar-refractivity contribution in [1.29, 1.82) is 0 Å². The van der Waals surface area contributed by atoms with Gasteiger partial charge in [-0.15, -0.1) is 0 Å². The van der Waals surface area contributed by atoms with Gasteiger partial charge in [-0.1, -0.05) is 35.3 Å². The molecule has 0 radical (unpaired) electrons. The molecule has 0 aromatic heterocycles. The number of aryl methyl sites for hydroxylation is 2. The van der Waals surface area contributed by atoms with Crippen molar-refractivity contribution in [2.75, 3.05) is 13.7 Å². The summed E-state index contributed by atoms with van der Waals surface area (Å²) in [5.41, 5.74) is 2.92. The Balaban J connectivity index is 2.18. The number of carbonyl (C=O) groups is 2. The zero-order valence-corrected chi connectivity index (χ0v) is 17.9. The summed E-state index contributed by atoms with van der Waals surface area (Å²) in [5.74, 6) is 0.0125. The maximum atomic E-state index is 12.9. The zero-order valence-electron chi connectivity index (χ0n) is 16.4. The molecule has 7 heteroatoms. The first-order chi connectivity index (χ1) is 13.2. The summed E-state index contributed by atoms with van der Waals surface area (Å²) in [5, 5.41) is 3.51. The van der Waals surface area contributed by atoms with Gasteiger partial charge in [0.25, 0.3) is 5.91 Å². The number of halogens is 2. The highest BCUT2D eigenvalue weighted by atomic mass is 35.5. The van der Waals surface area contributed by atoms with Gasteiger partial charge in [-0.25, -0.2) is 0 Å². The monoisotopic (exact) mass is 422 g/mol. The first-order valence-corrected chi connectivity index (χ1v) is 9.63. The van der Waals surface area contributed by atoms with Crippen molar-refractivity contribution in [1.82, 2.24) is 10.2 Å². The van der Waals surface area contributed by atoms with Crippen LogP contribution in [0.25, 0.3) is 0 Å². The predicted octanol–water partition coefficient (Wildman–Crippen LogP) is 4.15. The van der Waals surface area contributed by atoms with E-state index in [0.29, 0.717) is 21.4 Å². The Morgan fingerprint density at radius 2 is 1.82 bits per heavy atom. The van der Waals surface area contributed by atoms with E-state index in [1.807, 2.05) is 32.0 Å². The number of nitrogens with one attached hydrogen (secondary N) is 1. The van der Waals surface area contributed by atoms with Crippen LogP contribution in [0, 0.1) is 13.8 Å². The highest BCUT2D eigenvalue weighted by Gasteiger charge is 2.26. The van der Waals surface area contributed by atoms with Crippen molar-refractivity contribution in [3.63, 3.8) is 0 Å². The molecule has 0 spiro atoms. The second-order valence-corrected chi connectivity index (χ2v) is 7.43. The van der Waals surface area contributed by atoms with E-state index in [9.17, 15) is 9.59 Å². The van der Waals surface area contributed by atoms with Crippen molar-refractivity contribution in [2.24, 2.45) is 0 Å². The zero-order chi connectivity index (χ0) is 20.8. The summed E-state index contributed by atoms with van der Waals surface area (Å²) in [4.78, 5) is 26.4. The quantitative estimate of drug-likeness (QED) is 0.728. The Bertz CT molecular complexity index is 871. The number of likely N-dealkylation sites (N-methyl/N-ethyl adjacent to an activating group) is 1. The van der Waals surface area contributed by atoms with E-state index in [2.05, 4.69) is 5.32 Å². The lowest BCUT2D eigenvalue weighted by Gasteiger charge is -2.28. The lowest BCUT2D eigenvalue weighted by Crippen LogP contribution is -2.48. The van der Waals surface area contributed by atoms with E-state index < -0.39 is 6.04 Å². The third-order valence-electron chi connectivity index (χ3n) is 4.61. The summed E-state index contributed by atoms with van der Waals surface area (Å²) in [6.07, 6.45) is 0. The first kappa shape index (κ1) is 22.1. The highest BCUT2D eigenvalue weighted by Crippen LogP contribution is 2.23. The smallest absolute Gasteiger partial charge is 0.261 e. The molecule has 0 aliphatic heterocycles. The summed E-state index contributed by atoms with van der Waals surface area (Å²) in [7, 11) is 1.53. The van der Waals surface area contributed by atoms with Crippen molar-refractivity contribution >= 4 is 35.0 Å². The van der Waals surface area contributed by atoms with E-state index in [1.165, 1.54) is 11.9 Å². The summed E-state index contributed by atoms with van der Waals surface area (Å²) >= 11 is 12.2. The second kappa shape index (κ2) is 9.80. The first-order valence-electron chi connectivity index (χ1n) is 8.88. The van der Waals surface area contributed by atoms with Gasteiger partial charge >= 0.3 is 0 Å². The Morgan fingerprint density at radius 3 is 2.43 bits per heavy atom. The number of nitrogens with zero attached hydrogens (tertiary/aromatic N) is 1. The molecule has 2 rings (SSSR count). The maximum absolute atomic E-state index is 12.9. The largest absolute Gasteiger partial charge is 0.484 e. The van der Waals surface area contributed by atoms with Crippen LogP contribution in [-0.4, -0.2) is 36.4 Å². The van der Waals surface area contributed by atoms with E-state index in [1.54, 1.807) is 25.1 Å². The average Bonchev–Trinajstić information content (AvgIpc) is 2.67. The Morgan fingerprint density at radius 1 is 1.11 bits per heavy atom. The molecule has 0 aliphatic rings. The molecule has 0 saturated heterocycles. The van der Waals surface area contributed by atoms with Gasteiger partial charge in [0.15, 0.2) is 6.61 Å². The molecule has 0 saturated carbocycles. The molecule has 28 heavy (non-hydrogen) atoms. The normalized spacial score (nSPS) is 11.6. The van der Waals surface area contributed by atoms with Crippen LogP contribution in [0.1, 0.15) is 23.6 Å². The summed E-state index contributed by atoms with van der Waals surface area (Å²) in [6, 6.07) is 9.99. The van der Waals surface area contributed by atoms with Crippen molar-refractivity contribution in [3.8, 4) is 5.75 Å². The van der Waals surface area contributed by atoms with Gasteiger partial charge in [-0.3, -0.25) is 9.59 Å². The van der Waals surface area contributed by atoms with E-state index >= 15 is 0 Å². The van der Waals surface area contributed by atoms with Gasteiger partial charge < -0.3 is 15.0 Å². The lowest BCUT2D eigenvalue weighted by atomic mass is 10.1. The molecule has 0 fully saturated rings. The van der Waals surface area contributed by atoms with Crippen LogP contribution in [0.3, 0.4) is 0 Å². The molecule has 2 aromatic rings. The van der Waals surface area contributed by atoms with Crippen LogP contribution >= 0.6 is 23.2 Å². The SMILES string of the molecule is CNC(=O)[C@@H](C)N(Cc1ccc(Cl)cc1Cl)C(=O)COc1ccc(C)c(C)c1. The third kappa shape index (κ3) is 5.63. The molecular formula is C21H24Cl2N2O3. The molecule has 5 nitrogen and oxygen atoms in total. The topological polar surface area (TPSA) is 58.6 Å². The van der Waals surface area contributed by atoms with Crippen LogP contribution < -0.4 is 10.1 Å². The molecule has 0 aliphatic carbocycles. The van der Waals surface area contributed by atoms with Gasteiger partial charge in [-0.2, -0.15) is 0 Å². The average molecular weight is 423 g/mol. The summed E-state index contributed by atoms with van der Waals surface area (Å²) < 4.78 is 5.66. The van der Waals surface area contributed by atoms with Gasteiger partial charge in [-0.05, 0) is 61.7 Å². The van der Waals surface area contributed by atoms with Crippen LogP contribution in [0.15, 0.2) is 36.4 Å². The van der Waals surface area contributed by atoms with Crippen molar-refractivity contribution in [2.45, 2.75) is 33.4 Å². The number of amides is 2. The minimum atomic E-state index is -0.687. The highest BCUT2D eigenvalue weighted by molar-refractivity contribution is 6.35. The molecule has 150 valence electrons. The molecule has 0 unspecified atom stereocenters. The van der Waals surface area contributed by atoms with Crippen LogP contribution in [0.2, 0.25) is 10.0 Å². The lowest BCUT2D eigenvalue weighted by molar-refractivity contribution is -0.142. The number of ether oxygens (including phenoxy) is 1. The number of hydrogen-bond donors (Lipinski definition) is 1. The molecule has 0 bridgehead atoms. The van der Waals surface area contributed by atoms with E-state index in [0.717, 1.165) is 11.1 Å². The fraction of sp³-hybridized carbons (Fsp3) is 0.333. The molecule has 2 amide bonds.